The van der Waals surface area contributed by atoms with Crippen molar-refractivity contribution in [3.63, 3.8) is 0 Å². The molecule has 1 heterocycles. The van der Waals surface area contributed by atoms with Gasteiger partial charge in [-0.25, -0.2) is 0 Å². The Balaban J connectivity index is 2.16. The number of nitrogens with one attached hydrogen (secondary N) is 2. The largest absolute Gasteiger partial charge is 0.416 e. The van der Waals surface area contributed by atoms with Crippen LogP contribution in [0.15, 0.2) is 30.5 Å². The molecular formula is C12H12F3N3. The van der Waals surface area contributed by atoms with E-state index in [0.717, 1.165) is 23.4 Å². The van der Waals surface area contributed by atoms with E-state index in [1.807, 2.05) is 0 Å². The maximum absolute atomic E-state index is 12.6. The predicted molar refractivity (Wildman–Crippen MR) is 62.1 cm³/mol. The van der Waals surface area contributed by atoms with Crippen molar-refractivity contribution in [3.8, 4) is 0 Å². The zero-order chi connectivity index (χ0) is 13.2. The molecule has 1 aromatic carbocycles. The fraction of sp³-hybridized carbons (Fsp3) is 0.250. The quantitative estimate of drug-likeness (QED) is 0.883. The van der Waals surface area contributed by atoms with E-state index in [-0.39, 0.29) is 0 Å². The molecule has 3 nitrogen and oxygen atoms in total. The molecule has 0 spiro atoms. The lowest BCUT2D eigenvalue weighted by atomic mass is 10.1. The first-order valence-electron chi connectivity index (χ1n) is 5.37. The van der Waals surface area contributed by atoms with Crippen LogP contribution in [0.25, 0.3) is 0 Å². The molecular weight excluding hydrogens is 243 g/mol. The van der Waals surface area contributed by atoms with Gasteiger partial charge in [0.2, 0.25) is 0 Å². The van der Waals surface area contributed by atoms with Crippen LogP contribution >= 0.6 is 0 Å². The van der Waals surface area contributed by atoms with Gasteiger partial charge < -0.3 is 5.32 Å². The summed E-state index contributed by atoms with van der Waals surface area (Å²) in [5.74, 6) is 0. The van der Waals surface area contributed by atoms with Crippen molar-refractivity contribution in [2.45, 2.75) is 19.6 Å². The fourth-order valence-corrected chi connectivity index (χ4v) is 1.56. The lowest BCUT2D eigenvalue weighted by Crippen LogP contribution is -2.07. The van der Waals surface area contributed by atoms with Gasteiger partial charge in [0, 0.05) is 11.9 Å². The second-order valence-corrected chi connectivity index (χ2v) is 3.96. The van der Waals surface area contributed by atoms with Crippen molar-refractivity contribution in [2.24, 2.45) is 0 Å². The summed E-state index contributed by atoms with van der Waals surface area (Å²) in [6.45, 7) is 2.16. The first kappa shape index (κ1) is 12.5. The van der Waals surface area contributed by atoms with Crippen molar-refractivity contribution >= 4 is 5.69 Å². The van der Waals surface area contributed by atoms with Crippen LogP contribution in [-0.4, -0.2) is 10.2 Å². The summed E-state index contributed by atoms with van der Waals surface area (Å²) in [6.07, 6.45) is -2.73. The zero-order valence-electron chi connectivity index (χ0n) is 9.67. The summed E-state index contributed by atoms with van der Waals surface area (Å²) in [4.78, 5) is 0. The minimum absolute atomic E-state index is 0.405. The average Bonchev–Trinajstić information content (AvgIpc) is 2.79. The number of alkyl halides is 3. The summed E-state index contributed by atoms with van der Waals surface area (Å²) < 4.78 is 37.7. The highest BCUT2D eigenvalue weighted by molar-refractivity contribution is 5.53. The van der Waals surface area contributed by atoms with E-state index in [4.69, 9.17) is 0 Å². The number of H-pyrrole nitrogens is 1. The third-order valence-electron chi connectivity index (χ3n) is 2.59. The van der Waals surface area contributed by atoms with E-state index in [0.29, 0.717) is 12.2 Å². The van der Waals surface area contributed by atoms with E-state index >= 15 is 0 Å². The van der Waals surface area contributed by atoms with Crippen molar-refractivity contribution in [2.75, 3.05) is 5.32 Å². The number of rotatable bonds is 3. The normalized spacial score (nSPS) is 11.6. The third-order valence-corrected chi connectivity index (χ3v) is 2.59. The van der Waals surface area contributed by atoms with E-state index in [1.54, 1.807) is 19.2 Å². The Labute approximate surface area is 102 Å². The second-order valence-electron chi connectivity index (χ2n) is 3.96. The molecule has 0 amide bonds. The number of hydrogen-bond acceptors (Lipinski definition) is 2. The lowest BCUT2D eigenvalue weighted by molar-refractivity contribution is -0.137. The Hall–Kier alpha value is -1.98. The molecule has 0 aliphatic rings. The molecule has 96 valence electrons. The summed E-state index contributed by atoms with van der Waals surface area (Å²) in [6, 6.07) is 5.41. The maximum Gasteiger partial charge on any atom is 0.416 e. The van der Waals surface area contributed by atoms with Crippen molar-refractivity contribution in [1.82, 2.24) is 10.2 Å². The highest BCUT2D eigenvalue weighted by Crippen LogP contribution is 2.32. The monoisotopic (exact) mass is 255 g/mol. The van der Waals surface area contributed by atoms with Crippen LogP contribution in [0.4, 0.5) is 18.9 Å². The third kappa shape index (κ3) is 2.82. The molecule has 0 saturated heterocycles. The number of hydrogen-bond donors (Lipinski definition) is 2. The van der Waals surface area contributed by atoms with Crippen LogP contribution in [0.2, 0.25) is 0 Å². The fourth-order valence-electron chi connectivity index (χ4n) is 1.56. The maximum atomic E-state index is 12.6. The van der Waals surface area contributed by atoms with Crippen LogP contribution in [-0.2, 0) is 12.7 Å². The second kappa shape index (κ2) is 4.72. The Morgan fingerprint density at radius 3 is 2.67 bits per heavy atom. The number of nitrogens with zero attached hydrogens (tertiary/aromatic N) is 1. The molecule has 0 fully saturated rings. The molecule has 2 rings (SSSR count). The average molecular weight is 255 g/mol. The number of aromatic amines is 1. The highest BCUT2D eigenvalue weighted by Gasteiger charge is 2.30. The number of halogens is 3. The molecule has 0 aliphatic heterocycles. The number of benzene rings is 1. The topological polar surface area (TPSA) is 40.7 Å². The van der Waals surface area contributed by atoms with Crippen LogP contribution < -0.4 is 5.32 Å². The molecule has 18 heavy (non-hydrogen) atoms. The van der Waals surface area contributed by atoms with Crippen LogP contribution in [0.1, 0.15) is 16.8 Å². The van der Waals surface area contributed by atoms with Gasteiger partial charge in [-0.2, -0.15) is 18.3 Å². The van der Waals surface area contributed by atoms with Gasteiger partial charge in [-0.05, 0) is 30.7 Å². The van der Waals surface area contributed by atoms with E-state index in [1.165, 1.54) is 6.07 Å². The number of aromatic nitrogens is 2. The van der Waals surface area contributed by atoms with Crippen molar-refractivity contribution in [1.29, 1.82) is 0 Å². The lowest BCUT2D eigenvalue weighted by Gasteiger charge is -2.12. The molecule has 0 unspecified atom stereocenters. The molecule has 0 radical (unpaired) electrons. The Morgan fingerprint density at radius 1 is 1.28 bits per heavy atom. The predicted octanol–water partition coefficient (Wildman–Crippen LogP) is 3.35. The molecule has 6 heteroatoms. The Kier molecular flexibility index (Phi) is 3.27. The first-order chi connectivity index (χ1) is 8.47. The zero-order valence-corrected chi connectivity index (χ0v) is 9.67. The minimum atomic E-state index is -4.32. The smallest absolute Gasteiger partial charge is 0.379 e. The summed E-state index contributed by atoms with van der Waals surface area (Å²) in [7, 11) is 0. The number of anilines is 1. The molecule has 0 bridgehead atoms. The van der Waals surface area contributed by atoms with Gasteiger partial charge in [-0.15, -0.1) is 0 Å². The van der Waals surface area contributed by atoms with Crippen LogP contribution in [0.3, 0.4) is 0 Å². The summed E-state index contributed by atoms with van der Waals surface area (Å²) in [5, 5.41) is 9.46. The van der Waals surface area contributed by atoms with Crippen molar-refractivity contribution in [3.05, 3.63) is 47.3 Å². The van der Waals surface area contributed by atoms with Crippen molar-refractivity contribution < 1.29 is 13.2 Å². The summed E-state index contributed by atoms with van der Waals surface area (Å²) >= 11 is 0. The minimum Gasteiger partial charge on any atom is -0.379 e. The van der Waals surface area contributed by atoms with Crippen LogP contribution in [0.5, 0.6) is 0 Å². The van der Waals surface area contributed by atoms with Gasteiger partial charge >= 0.3 is 6.18 Å². The standard InChI is InChI=1S/C12H12F3N3/c1-8-2-3-9(12(13,14)15)6-11(8)16-7-10-4-5-17-18-10/h2-6,16H,7H2,1H3,(H,17,18). The SMILES string of the molecule is Cc1ccc(C(F)(F)F)cc1NCc1ccn[nH]1. The molecule has 2 aromatic rings. The van der Waals surface area contributed by atoms with Gasteiger partial charge in [-0.1, -0.05) is 6.07 Å². The van der Waals surface area contributed by atoms with Gasteiger partial charge in [-0.3, -0.25) is 5.10 Å². The first-order valence-corrected chi connectivity index (χ1v) is 5.37. The van der Waals surface area contributed by atoms with E-state index in [9.17, 15) is 13.2 Å². The molecule has 2 N–H and O–H groups in total. The molecule has 0 atom stereocenters. The van der Waals surface area contributed by atoms with Crippen LogP contribution in [0, 0.1) is 6.92 Å². The van der Waals surface area contributed by atoms with Gasteiger partial charge in [0.05, 0.1) is 17.8 Å². The molecule has 1 aromatic heterocycles. The van der Waals surface area contributed by atoms with Gasteiger partial charge in [0.25, 0.3) is 0 Å². The van der Waals surface area contributed by atoms with E-state index in [2.05, 4.69) is 15.5 Å². The van der Waals surface area contributed by atoms with Gasteiger partial charge in [0.15, 0.2) is 0 Å². The Morgan fingerprint density at radius 2 is 2.06 bits per heavy atom. The number of aryl methyl sites for hydroxylation is 1. The molecule has 0 saturated carbocycles. The van der Waals surface area contributed by atoms with E-state index < -0.39 is 11.7 Å². The highest BCUT2D eigenvalue weighted by atomic mass is 19.4. The molecule has 0 aliphatic carbocycles. The van der Waals surface area contributed by atoms with Gasteiger partial charge in [0.1, 0.15) is 0 Å². The Bertz CT molecular complexity index is 518. The summed E-state index contributed by atoms with van der Waals surface area (Å²) in [5.41, 5.74) is 1.40.